The number of carbonyl (C=O) groups excluding carboxylic acids is 1. The molecule has 0 fully saturated rings. The van der Waals surface area contributed by atoms with Gasteiger partial charge in [0.15, 0.2) is 11.5 Å². The Hall–Kier alpha value is -3.26. The van der Waals surface area contributed by atoms with Crippen LogP contribution < -0.4 is 26.0 Å². The molecule has 3 aromatic rings. The molecule has 0 aliphatic carbocycles. The standard InChI is InChI=1S/C20H18ClN3O5/c1-2-23-19(26)12-5-3-4-6-15(12)24(20(23)27)11-18(25)22-14-10-17-16(9-13(14)21)28-7-8-29-17/h3-6,9-10H,2,7-8,11H2,1H3,(H,22,25). The Bertz CT molecular complexity index is 1230. The van der Waals surface area contributed by atoms with Crippen LogP contribution in [0.3, 0.4) is 0 Å². The number of amides is 1. The third-order valence-corrected chi connectivity index (χ3v) is 4.97. The first kappa shape index (κ1) is 19.1. The first-order valence-electron chi connectivity index (χ1n) is 9.11. The van der Waals surface area contributed by atoms with E-state index in [1.165, 1.54) is 4.57 Å². The van der Waals surface area contributed by atoms with Gasteiger partial charge in [-0.3, -0.25) is 18.7 Å². The predicted molar refractivity (Wildman–Crippen MR) is 109 cm³/mol. The molecule has 9 heteroatoms. The lowest BCUT2D eigenvalue weighted by molar-refractivity contribution is -0.116. The molecule has 0 atom stereocenters. The number of halogens is 1. The maximum absolute atomic E-state index is 12.8. The quantitative estimate of drug-likeness (QED) is 0.705. The molecule has 1 amide bonds. The molecule has 29 heavy (non-hydrogen) atoms. The molecule has 2 aromatic carbocycles. The van der Waals surface area contributed by atoms with Crippen LogP contribution in [0.5, 0.6) is 11.5 Å². The Morgan fingerprint density at radius 2 is 1.79 bits per heavy atom. The fourth-order valence-electron chi connectivity index (χ4n) is 3.30. The summed E-state index contributed by atoms with van der Waals surface area (Å²) in [4.78, 5) is 38.0. The average molecular weight is 416 g/mol. The number of anilines is 1. The molecule has 1 aliphatic heterocycles. The van der Waals surface area contributed by atoms with Gasteiger partial charge in [-0.2, -0.15) is 0 Å². The van der Waals surface area contributed by atoms with Crippen LogP contribution in [0.4, 0.5) is 5.69 Å². The minimum Gasteiger partial charge on any atom is -0.486 e. The first-order valence-corrected chi connectivity index (χ1v) is 9.48. The molecule has 4 rings (SSSR count). The van der Waals surface area contributed by atoms with Crippen molar-refractivity contribution in [1.29, 1.82) is 0 Å². The van der Waals surface area contributed by atoms with Crippen molar-refractivity contribution in [2.24, 2.45) is 0 Å². The van der Waals surface area contributed by atoms with E-state index in [0.29, 0.717) is 46.3 Å². The number of ether oxygens (including phenoxy) is 2. The fourth-order valence-corrected chi connectivity index (χ4v) is 3.50. The van der Waals surface area contributed by atoms with Crippen LogP contribution in [-0.4, -0.2) is 28.3 Å². The second kappa shape index (κ2) is 7.63. The summed E-state index contributed by atoms with van der Waals surface area (Å²) >= 11 is 6.24. The van der Waals surface area contributed by atoms with E-state index in [4.69, 9.17) is 21.1 Å². The maximum Gasteiger partial charge on any atom is 0.331 e. The van der Waals surface area contributed by atoms with Gasteiger partial charge in [0.25, 0.3) is 5.56 Å². The summed E-state index contributed by atoms with van der Waals surface area (Å²) in [5, 5.41) is 3.36. The van der Waals surface area contributed by atoms with Crippen LogP contribution in [0.15, 0.2) is 46.0 Å². The monoisotopic (exact) mass is 415 g/mol. The van der Waals surface area contributed by atoms with Crippen LogP contribution in [-0.2, 0) is 17.9 Å². The van der Waals surface area contributed by atoms with Crippen molar-refractivity contribution in [3.05, 3.63) is 62.3 Å². The topological polar surface area (TPSA) is 91.6 Å². The van der Waals surface area contributed by atoms with Gasteiger partial charge in [-0.25, -0.2) is 4.79 Å². The van der Waals surface area contributed by atoms with Crippen molar-refractivity contribution >= 4 is 34.1 Å². The van der Waals surface area contributed by atoms with E-state index in [2.05, 4.69) is 5.32 Å². The Morgan fingerprint density at radius 1 is 1.10 bits per heavy atom. The van der Waals surface area contributed by atoms with Crippen LogP contribution in [0.1, 0.15) is 6.92 Å². The highest BCUT2D eigenvalue weighted by Gasteiger charge is 2.18. The van der Waals surface area contributed by atoms with Crippen molar-refractivity contribution < 1.29 is 14.3 Å². The summed E-state index contributed by atoms with van der Waals surface area (Å²) < 4.78 is 13.4. The third kappa shape index (κ3) is 3.47. The Labute approximate surface area is 170 Å². The molecular formula is C20H18ClN3O5. The number of rotatable bonds is 4. The molecule has 0 saturated carbocycles. The van der Waals surface area contributed by atoms with Crippen LogP contribution >= 0.6 is 11.6 Å². The molecule has 8 nitrogen and oxygen atoms in total. The number of para-hydroxylation sites is 1. The largest absolute Gasteiger partial charge is 0.486 e. The highest BCUT2D eigenvalue weighted by atomic mass is 35.5. The SMILES string of the molecule is CCn1c(=O)c2ccccc2n(CC(=O)Nc2cc3c(cc2Cl)OCCO3)c1=O. The van der Waals surface area contributed by atoms with E-state index in [9.17, 15) is 14.4 Å². The molecule has 0 radical (unpaired) electrons. The van der Waals surface area contributed by atoms with Crippen LogP contribution in [0, 0.1) is 0 Å². The zero-order chi connectivity index (χ0) is 20.5. The van der Waals surface area contributed by atoms with Gasteiger partial charge in [0.1, 0.15) is 19.8 Å². The third-order valence-electron chi connectivity index (χ3n) is 4.66. The molecule has 1 N–H and O–H groups in total. The molecule has 2 heterocycles. The number of hydrogen-bond donors (Lipinski definition) is 1. The molecule has 150 valence electrons. The average Bonchev–Trinajstić information content (AvgIpc) is 2.72. The van der Waals surface area contributed by atoms with Gasteiger partial charge >= 0.3 is 5.69 Å². The zero-order valence-electron chi connectivity index (χ0n) is 15.6. The van der Waals surface area contributed by atoms with E-state index in [-0.39, 0.29) is 18.6 Å². The number of aromatic nitrogens is 2. The highest BCUT2D eigenvalue weighted by molar-refractivity contribution is 6.34. The number of fused-ring (bicyclic) bond motifs is 2. The predicted octanol–water partition coefficient (Wildman–Crippen LogP) is 2.25. The van der Waals surface area contributed by atoms with Crippen molar-refractivity contribution in [2.45, 2.75) is 20.0 Å². The van der Waals surface area contributed by atoms with E-state index >= 15 is 0 Å². The minimum atomic E-state index is -0.542. The van der Waals surface area contributed by atoms with E-state index in [1.807, 2.05) is 0 Å². The Balaban J connectivity index is 1.69. The van der Waals surface area contributed by atoms with Crippen molar-refractivity contribution in [3.63, 3.8) is 0 Å². The lowest BCUT2D eigenvalue weighted by Gasteiger charge is -2.20. The normalized spacial score (nSPS) is 12.8. The van der Waals surface area contributed by atoms with E-state index in [0.717, 1.165) is 4.57 Å². The van der Waals surface area contributed by atoms with Crippen molar-refractivity contribution in [1.82, 2.24) is 9.13 Å². The zero-order valence-corrected chi connectivity index (χ0v) is 16.4. The van der Waals surface area contributed by atoms with Gasteiger partial charge in [0.2, 0.25) is 5.91 Å². The number of nitrogens with zero attached hydrogens (tertiary/aromatic N) is 2. The second-order valence-corrected chi connectivity index (χ2v) is 6.87. The molecule has 0 bridgehead atoms. The van der Waals surface area contributed by atoms with Gasteiger partial charge in [-0.05, 0) is 19.1 Å². The van der Waals surface area contributed by atoms with Crippen molar-refractivity contribution in [3.8, 4) is 11.5 Å². The summed E-state index contributed by atoms with van der Waals surface area (Å²) in [5.74, 6) is 0.534. The van der Waals surface area contributed by atoms with Gasteiger partial charge in [0.05, 0.1) is 21.6 Å². The number of hydrogen-bond acceptors (Lipinski definition) is 5. The summed E-state index contributed by atoms with van der Waals surface area (Å²) in [6, 6.07) is 9.86. The first-order chi connectivity index (χ1) is 14.0. The highest BCUT2D eigenvalue weighted by Crippen LogP contribution is 2.37. The van der Waals surface area contributed by atoms with Gasteiger partial charge in [0, 0.05) is 18.7 Å². The molecule has 1 aromatic heterocycles. The molecular weight excluding hydrogens is 398 g/mol. The van der Waals surface area contributed by atoms with E-state index < -0.39 is 11.6 Å². The lowest BCUT2D eigenvalue weighted by Crippen LogP contribution is -2.41. The smallest absolute Gasteiger partial charge is 0.331 e. The molecule has 0 unspecified atom stereocenters. The van der Waals surface area contributed by atoms with Gasteiger partial charge < -0.3 is 14.8 Å². The molecule has 0 saturated heterocycles. The number of carbonyl (C=O) groups is 1. The minimum absolute atomic E-state index is 0.206. The summed E-state index contributed by atoms with van der Waals surface area (Å²) in [6.45, 7) is 2.47. The molecule has 0 spiro atoms. The number of nitrogens with one attached hydrogen (secondary N) is 1. The fraction of sp³-hybridized carbons (Fsp3) is 0.250. The van der Waals surface area contributed by atoms with Gasteiger partial charge in [-0.1, -0.05) is 23.7 Å². The molecule has 1 aliphatic rings. The lowest BCUT2D eigenvalue weighted by atomic mass is 10.2. The summed E-state index contributed by atoms with van der Waals surface area (Å²) in [6.07, 6.45) is 0. The second-order valence-electron chi connectivity index (χ2n) is 6.46. The van der Waals surface area contributed by atoms with Gasteiger partial charge in [-0.15, -0.1) is 0 Å². The Morgan fingerprint density at radius 3 is 2.52 bits per heavy atom. The van der Waals surface area contributed by atoms with E-state index in [1.54, 1.807) is 43.3 Å². The summed E-state index contributed by atoms with van der Waals surface area (Å²) in [7, 11) is 0. The maximum atomic E-state index is 12.8. The Kier molecular flexibility index (Phi) is 5.02. The van der Waals surface area contributed by atoms with Crippen LogP contribution in [0.25, 0.3) is 10.9 Å². The van der Waals surface area contributed by atoms with Crippen molar-refractivity contribution in [2.75, 3.05) is 18.5 Å². The summed E-state index contributed by atoms with van der Waals surface area (Å²) in [5.41, 5.74) is -0.169. The van der Waals surface area contributed by atoms with Crippen LogP contribution in [0.2, 0.25) is 5.02 Å². The number of benzene rings is 2.